The normalized spacial score (nSPS) is 22.3. The Bertz CT molecular complexity index is 1350. The highest BCUT2D eigenvalue weighted by Crippen LogP contribution is 2.50. The Morgan fingerprint density at radius 1 is 1.16 bits per heavy atom. The number of nitrogens with zero attached hydrogens (tertiary/aromatic N) is 5. The smallest absolute Gasteiger partial charge is 0.372 e. The molecule has 2 aliphatic heterocycles. The number of halogens is 6. The fourth-order valence-electron chi connectivity index (χ4n) is 4.99. The molecule has 8 nitrogen and oxygen atoms in total. The van der Waals surface area contributed by atoms with Crippen molar-refractivity contribution < 1.29 is 27.2 Å². The number of rotatable bonds is 3. The zero-order valence-corrected chi connectivity index (χ0v) is 21.2. The number of amidine groups is 1. The van der Waals surface area contributed by atoms with Crippen LogP contribution in [0.3, 0.4) is 0 Å². The zero-order chi connectivity index (χ0) is 27.3. The van der Waals surface area contributed by atoms with E-state index in [2.05, 4.69) is 26.5 Å². The molecule has 1 aromatic carbocycles. The van der Waals surface area contributed by atoms with E-state index in [4.69, 9.17) is 28.0 Å². The molecule has 1 N–H and O–H groups in total. The van der Waals surface area contributed by atoms with Crippen LogP contribution in [0.1, 0.15) is 66.0 Å². The van der Waals surface area contributed by atoms with E-state index in [1.54, 1.807) is 0 Å². The monoisotopic (exact) mass is 570 g/mol. The SMILES string of the molecule is N#CC1(NC(=O)c2ncc3c(n2)CN(C2=NOC(c4cc(Cl)c(F)c(Cl)c4)(C(F)(F)F)C2)C3)CCCCC1. The summed E-state index contributed by atoms with van der Waals surface area (Å²) in [5.74, 6) is -1.77. The van der Waals surface area contributed by atoms with Crippen LogP contribution in [0, 0.1) is 17.1 Å². The molecule has 38 heavy (non-hydrogen) atoms. The van der Waals surface area contributed by atoms with Gasteiger partial charge in [0.15, 0.2) is 5.82 Å². The van der Waals surface area contributed by atoms with Crippen molar-refractivity contribution in [3.05, 3.63) is 56.8 Å². The van der Waals surface area contributed by atoms with E-state index in [9.17, 15) is 27.6 Å². The number of fused-ring (bicyclic) bond motifs is 1. The predicted octanol–water partition coefficient (Wildman–Crippen LogP) is 5.39. The van der Waals surface area contributed by atoms with Gasteiger partial charge in [0.2, 0.25) is 5.82 Å². The highest BCUT2D eigenvalue weighted by atomic mass is 35.5. The number of aromatic nitrogens is 2. The molecule has 0 saturated heterocycles. The summed E-state index contributed by atoms with van der Waals surface area (Å²) >= 11 is 11.5. The van der Waals surface area contributed by atoms with Crippen molar-refractivity contribution in [3.63, 3.8) is 0 Å². The van der Waals surface area contributed by atoms with Crippen LogP contribution in [-0.2, 0) is 23.5 Å². The van der Waals surface area contributed by atoms with Gasteiger partial charge >= 0.3 is 6.18 Å². The Morgan fingerprint density at radius 2 is 1.84 bits per heavy atom. The minimum absolute atomic E-state index is 0.0199. The van der Waals surface area contributed by atoms with Crippen molar-refractivity contribution in [1.29, 1.82) is 5.26 Å². The molecule has 1 atom stereocenters. The first-order chi connectivity index (χ1) is 18.0. The number of hydrogen-bond donors (Lipinski definition) is 1. The summed E-state index contributed by atoms with van der Waals surface area (Å²) in [7, 11) is 0. The fourth-order valence-corrected chi connectivity index (χ4v) is 5.47. The number of oxime groups is 1. The highest BCUT2D eigenvalue weighted by molar-refractivity contribution is 6.35. The lowest BCUT2D eigenvalue weighted by Gasteiger charge is -2.31. The number of benzene rings is 1. The minimum atomic E-state index is -4.93. The summed E-state index contributed by atoms with van der Waals surface area (Å²) in [6.45, 7) is 0.197. The number of amides is 1. The summed E-state index contributed by atoms with van der Waals surface area (Å²) in [6.07, 6.45) is -0.483. The number of nitriles is 1. The third-order valence-corrected chi connectivity index (χ3v) is 7.67. The van der Waals surface area contributed by atoms with E-state index in [1.165, 1.54) is 11.1 Å². The zero-order valence-electron chi connectivity index (χ0n) is 19.7. The maximum Gasteiger partial charge on any atom is 0.435 e. The standard InChI is InChI=1S/C24H20Cl2F4N6O2/c25-15-6-14(7-16(26)19(15)27)23(24(28,29)30)8-18(35-38-23)36-10-13-9-32-20(33-17(13)11-36)21(37)34-22(12-31)4-2-1-3-5-22/h6-7,9H,1-5,8,10-11H2,(H,34,37). The quantitative estimate of drug-likeness (QED) is 0.392. The maximum atomic E-state index is 14.3. The minimum Gasteiger partial charge on any atom is -0.372 e. The lowest BCUT2D eigenvalue weighted by Crippen LogP contribution is -2.49. The number of alkyl halides is 3. The topological polar surface area (TPSA) is 104 Å². The lowest BCUT2D eigenvalue weighted by molar-refractivity contribution is -0.275. The van der Waals surface area contributed by atoms with Gasteiger partial charge in [-0.25, -0.2) is 14.4 Å². The fraction of sp³-hybridized carbons (Fsp3) is 0.458. The number of carbonyl (C=O) groups excluding carboxylic acids is 1. The summed E-state index contributed by atoms with van der Waals surface area (Å²) in [5, 5.41) is 14.9. The van der Waals surface area contributed by atoms with Gasteiger partial charge in [0.1, 0.15) is 11.4 Å². The van der Waals surface area contributed by atoms with Crippen molar-refractivity contribution in [3.8, 4) is 6.07 Å². The van der Waals surface area contributed by atoms with E-state index < -0.39 is 51.1 Å². The van der Waals surface area contributed by atoms with E-state index in [0.717, 1.165) is 31.4 Å². The molecule has 1 saturated carbocycles. The van der Waals surface area contributed by atoms with Crippen LogP contribution in [0.5, 0.6) is 0 Å². The third kappa shape index (κ3) is 4.52. The molecule has 1 aliphatic carbocycles. The molecule has 0 radical (unpaired) electrons. The second-order valence-corrected chi connectivity index (χ2v) is 10.4. The van der Waals surface area contributed by atoms with Crippen LogP contribution >= 0.6 is 23.2 Å². The molecular weight excluding hydrogens is 551 g/mol. The molecule has 2 aromatic rings. The van der Waals surface area contributed by atoms with Gasteiger partial charge in [0.05, 0.1) is 34.8 Å². The third-order valence-electron chi connectivity index (χ3n) is 7.12. The molecule has 1 unspecified atom stereocenters. The first-order valence-corrected chi connectivity index (χ1v) is 12.5. The Kier molecular flexibility index (Phi) is 6.64. The van der Waals surface area contributed by atoms with Crippen LogP contribution < -0.4 is 5.32 Å². The number of hydrogen-bond acceptors (Lipinski definition) is 7. The first kappa shape index (κ1) is 26.4. The molecule has 200 valence electrons. The van der Waals surface area contributed by atoms with Gasteiger partial charge in [-0.15, -0.1) is 0 Å². The lowest BCUT2D eigenvalue weighted by atomic mass is 9.83. The van der Waals surface area contributed by atoms with Crippen LogP contribution in [0.15, 0.2) is 23.5 Å². The van der Waals surface area contributed by atoms with Crippen molar-refractivity contribution >= 4 is 34.9 Å². The first-order valence-electron chi connectivity index (χ1n) is 11.8. The Hall–Kier alpha value is -3.17. The van der Waals surface area contributed by atoms with E-state index >= 15 is 0 Å². The molecule has 1 fully saturated rings. The molecule has 14 heteroatoms. The highest BCUT2D eigenvalue weighted by Gasteiger charge is 2.63. The number of carbonyl (C=O) groups is 1. The Morgan fingerprint density at radius 3 is 2.47 bits per heavy atom. The van der Waals surface area contributed by atoms with E-state index in [-0.39, 0.29) is 24.7 Å². The van der Waals surface area contributed by atoms with Gasteiger partial charge < -0.3 is 15.1 Å². The molecular formula is C24H20Cl2F4N6O2. The summed E-state index contributed by atoms with van der Waals surface area (Å²) in [5.41, 5.74) is -3.31. The summed E-state index contributed by atoms with van der Waals surface area (Å²) in [4.78, 5) is 27.8. The predicted molar refractivity (Wildman–Crippen MR) is 127 cm³/mol. The van der Waals surface area contributed by atoms with E-state index in [1.807, 2.05) is 0 Å². The molecule has 3 heterocycles. The van der Waals surface area contributed by atoms with Crippen molar-refractivity contribution in [2.75, 3.05) is 0 Å². The number of nitrogens with one attached hydrogen (secondary N) is 1. The maximum absolute atomic E-state index is 14.3. The van der Waals surface area contributed by atoms with Crippen molar-refractivity contribution in [2.24, 2.45) is 5.16 Å². The van der Waals surface area contributed by atoms with Crippen molar-refractivity contribution in [1.82, 2.24) is 20.2 Å². The average Bonchev–Trinajstić information content (AvgIpc) is 3.52. The van der Waals surface area contributed by atoms with Crippen LogP contribution in [0.2, 0.25) is 10.0 Å². The molecule has 5 rings (SSSR count). The average molecular weight is 571 g/mol. The van der Waals surface area contributed by atoms with Gasteiger partial charge in [-0.05, 0) is 25.0 Å². The van der Waals surface area contributed by atoms with E-state index in [0.29, 0.717) is 24.1 Å². The molecule has 1 aromatic heterocycles. The van der Waals surface area contributed by atoms with Crippen LogP contribution in [0.25, 0.3) is 0 Å². The van der Waals surface area contributed by atoms with Gasteiger partial charge in [0.25, 0.3) is 11.5 Å². The second kappa shape index (κ2) is 9.54. The Balaban J connectivity index is 1.34. The largest absolute Gasteiger partial charge is 0.435 e. The van der Waals surface area contributed by atoms with Crippen LogP contribution in [0.4, 0.5) is 17.6 Å². The van der Waals surface area contributed by atoms with Gasteiger partial charge in [0, 0.05) is 23.9 Å². The second-order valence-electron chi connectivity index (χ2n) is 9.58. The summed E-state index contributed by atoms with van der Waals surface area (Å²) < 4.78 is 56.8. The molecule has 0 bridgehead atoms. The molecule has 3 aliphatic rings. The van der Waals surface area contributed by atoms with Crippen molar-refractivity contribution in [2.45, 2.75) is 68.9 Å². The van der Waals surface area contributed by atoms with Gasteiger partial charge in [-0.1, -0.05) is 47.6 Å². The molecule has 0 spiro atoms. The summed E-state index contributed by atoms with van der Waals surface area (Å²) in [6, 6.07) is 3.85. The molecule has 1 amide bonds. The van der Waals surface area contributed by atoms with Gasteiger partial charge in [-0.3, -0.25) is 4.79 Å². The van der Waals surface area contributed by atoms with Gasteiger partial charge in [-0.2, -0.15) is 18.4 Å². The Labute approximate surface area is 224 Å². The van der Waals surface area contributed by atoms with Crippen LogP contribution in [-0.4, -0.2) is 38.3 Å².